The Morgan fingerprint density at radius 3 is 2.83 bits per heavy atom. The maximum absolute atomic E-state index is 7.42. The maximum atomic E-state index is 7.42. The molecule has 1 fully saturated rings. The predicted molar refractivity (Wildman–Crippen MR) is 45.0 cm³/mol. The molecule has 1 aliphatic carbocycles. The summed E-state index contributed by atoms with van der Waals surface area (Å²) in [6.45, 7) is 3.99. The molecule has 0 bridgehead atoms. The standard InChI is InChI=1S/C9H14N2O/c1-6(2)9-10-8(11-12-9)7-4-3-5-7/h6-7H,3-5H2,1-2H3/i3D2. The van der Waals surface area contributed by atoms with Crippen LogP contribution in [0.25, 0.3) is 0 Å². The van der Waals surface area contributed by atoms with Crippen molar-refractivity contribution >= 4 is 0 Å². The maximum Gasteiger partial charge on any atom is 0.229 e. The minimum atomic E-state index is -1.02. The second-order valence-electron chi connectivity index (χ2n) is 3.50. The zero-order valence-electron chi connectivity index (χ0n) is 9.37. The average molecular weight is 168 g/mol. The number of hydrogen-bond acceptors (Lipinski definition) is 3. The highest BCUT2D eigenvalue weighted by Gasteiger charge is 2.24. The summed E-state index contributed by atoms with van der Waals surface area (Å²) in [5.41, 5.74) is 0. The number of rotatable bonds is 2. The predicted octanol–water partition coefficient (Wildman–Crippen LogP) is 2.46. The number of hydrogen-bond donors (Lipinski definition) is 0. The van der Waals surface area contributed by atoms with Crippen LogP contribution in [0.5, 0.6) is 0 Å². The van der Waals surface area contributed by atoms with Crippen molar-refractivity contribution in [1.82, 2.24) is 10.1 Å². The smallest absolute Gasteiger partial charge is 0.229 e. The minimum Gasteiger partial charge on any atom is -0.339 e. The van der Waals surface area contributed by atoms with Gasteiger partial charge in [-0.25, -0.2) is 0 Å². The Labute approximate surface area is 75.0 Å². The summed E-state index contributed by atoms with van der Waals surface area (Å²) in [6, 6.07) is 0. The van der Waals surface area contributed by atoms with Crippen LogP contribution in [0.4, 0.5) is 0 Å². The van der Waals surface area contributed by atoms with Crippen LogP contribution >= 0.6 is 0 Å². The fourth-order valence-electron chi connectivity index (χ4n) is 1.12. The molecule has 3 heteroatoms. The summed E-state index contributed by atoms with van der Waals surface area (Å²) in [6.07, 6.45) is 0.0113. The van der Waals surface area contributed by atoms with Gasteiger partial charge in [-0.2, -0.15) is 4.98 Å². The van der Waals surface area contributed by atoms with E-state index in [1.54, 1.807) is 0 Å². The van der Waals surface area contributed by atoms with Gasteiger partial charge in [0.2, 0.25) is 5.89 Å². The molecule has 2 rings (SSSR count). The largest absolute Gasteiger partial charge is 0.339 e. The lowest BCUT2D eigenvalue weighted by atomic mass is 9.85. The zero-order valence-corrected chi connectivity index (χ0v) is 7.37. The van der Waals surface area contributed by atoms with Crippen molar-refractivity contribution in [2.45, 2.75) is 44.9 Å². The Hall–Kier alpha value is -0.860. The van der Waals surface area contributed by atoms with Gasteiger partial charge >= 0.3 is 0 Å². The van der Waals surface area contributed by atoms with E-state index in [9.17, 15) is 0 Å². The van der Waals surface area contributed by atoms with Crippen LogP contribution in [0.2, 0.25) is 0 Å². The van der Waals surface area contributed by atoms with Crippen LogP contribution in [-0.4, -0.2) is 10.1 Å². The van der Waals surface area contributed by atoms with Crippen LogP contribution in [-0.2, 0) is 0 Å². The highest BCUT2D eigenvalue weighted by Crippen LogP contribution is 2.34. The van der Waals surface area contributed by atoms with Gasteiger partial charge in [0.25, 0.3) is 0 Å². The molecule has 0 saturated heterocycles. The highest BCUT2D eigenvalue weighted by molar-refractivity contribution is 5.00. The van der Waals surface area contributed by atoms with E-state index in [0.717, 1.165) is 0 Å². The molecule has 3 nitrogen and oxygen atoms in total. The molecule has 0 atom stereocenters. The minimum absolute atomic E-state index is 0.154. The Bertz CT molecular complexity index is 327. The third-order valence-electron chi connectivity index (χ3n) is 2.10. The third-order valence-corrected chi connectivity index (χ3v) is 2.10. The molecule has 1 aromatic rings. The van der Waals surface area contributed by atoms with E-state index in [1.165, 1.54) is 0 Å². The Balaban J connectivity index is 2.05. The van der Waals surface area contributed by atoms with Gasteiger partial charge in [-0.3, -0.25) is 0 Å². The second-order valence-corrected chi connectivity index (χ2v) is 3.50. The lowest BCUT2D eigenvalue weighted by molar-refractivity contribution is 0.340. The first kappa shape index (κ1) is 5.73. The van der Waals surface area contributed by atoms with E-state index < -0.39 is 6.37 Å². The highest BCUT2D eigenvalue weighted by atomic mass is 16.5. The zero-order chi connectivity index (χ0) is 10.3. The average Bonchev–Trinajstić information content (AvgIpc) is 2.47. The van der Waals surface area contributed by atoms with Gasteiger partial charge in [0.15, 0.2) is 5.82 Å². The van der Waals surface area contributed by atoms with E-state index >= 15 is 0 Å². The summed E-state index contributed by atoms with van der Waals surface area (Å²) in [5.74, 6) is 1.71. The lowest BCUT2D eigenvalue weighted by Crippen LogP contribution is -2.10. The first-order valence-electron chi connectivity index (χ1n) is 5.31. The monoisotopic (exact) mass is 168 g/mol. The fourth-order valence-corrected chi connectivity index (χ4v) is 1.12. The number of nitrogens with zero attached hydrogens (tertiary/aromatic N) is 2. The van der Waals surface area contributed by atoms with Crippen molar-refractivity contribution in [3.63, 3.8) is 0 Å². The van der Waals surface area contributed by atoms with Crippen molar-refractivity contribution < 1.29 is 7.26 Å². The molecule has 1 heterocycles. The molecule has 0 aliphatic heterocycles. The lowest BCUT2D eigenvalue weighted by Gasteiger charge is -2.20. The molecule has 0 aromatic carbocycles. The van der Waals surface area contributed by atoms with Gasteiger partial charge in [0, 0.05) is 14.6 Å². The molecule has 0 amide bonds. The Morgan fingerprint density at radius 1 is 1.58 bits per heavy atom. The molecule has 12 heavy (non-hydrogen) atoms. The summed E-state index contributed by atoms with van der Waals surface area (Å²) in [4.78, 5) is 4.25. The summed E-state index contributed by atoms with van der Waals surface area (Å²) >= 11 is 0. The van der Waals surface area contributed by atoms with Gasteiger partial charge in [-0.05, 0) is 12.8 Å². The van der Waals surface area contributed by atoms with E-state index in [2.05, 4.69) is 10.1 Å². The summed E-state index contributed by atoms with van der Waals surface area (Å²) in [7, 11) is 0. The molecular weight excluding hydrogens is 152 g/mol. The van der Waals surface area contributed by atoms with Gasteiger partial charge < -0.3 is 4.52 Å². The van der Waals surface area contributed by atoms with E-state index in [4.69, 9.17) is 7.26 Å². The quantitative estimate of drug-likeness (QED) is 0.680. The molecule has 0 radical (unpaired) electrons. The van der Waals surface area contributed by atoms with Gasteiger partial charge in [-0.1, -0.05) is 25.4 Å². The van der Waals surface area contributed by atoms with Crippen LogP contribution in [0.3, 0.4) is 0 Å². The molecule has 66 valence electrons. The van der Waals surface area contributed by atoms with Crippen molar-refractivity contribution in [3.8, 4) is 0 Å². The van der Waals surface area contributed by atoms with E-state index in [0.29, 0.717) is 24.6 Å². The fraction of sp³-hybridized carbons (Fsp3) is 0.778. The SMILES string of the molecule is [2H]C1([2H])CC(c2noc(C(C)C)n2)C1. The van der Waals surface area contributed by atoms with Gasteiger partial charge in [0.1, 0.15) is 0 Å². The van der Waals surface area contributed by atoms with Crippen molar-refractivity contribution in [1.29, 1.82) is 0 Å². The van der Waals surface area contributed by atoms with E-state index in [-0.39, 0.29) is 11.8 Å². The van der Waals surface area contributed by atoms with Crippen molar-refractivity contribution in [3.05, 3.63) is 11.7 Å². The summed E-state index contributed by atoms with van der Waals surface area (Å²) in [5, 5.41) is 3.87. The van der Waals surface area contributed by atoms with Crippen LogP contribution < -0.4 is 0 Å². The number of aromatic nitrogens is 2. The van der Waals surface area contributed by atoms with E-state index in [1.807, 2.05) is 13.8 Å². The van der Waals surface area contributed by atoms with Crippen LogP contribution in [0.1, 0.15) is 59.4 Å². The molecule has 1 aliphatic rings. The van der Waals surface area contributed by atoms with Crippen LogP contribution in [0.15, 0.2) is 4.52 Å². The molecule has 0 unspecified atom stereocenters. The summed E-state index contributed by atoms with van der Waals surface area (Å²) < 4.78 is 19.9. The topological polar surface area (TPSA) is 38.9 Å². The Kier molecular flexibility index (Phi) is 1.38. The van der Waals surface area contributed by atoms with Gasteiger partial charge in [0.05, 0.1) is 0 Å². The normalized spacial score (nSPS) is 24.9. The molecule has 1 saturated carbocycles. The van der Waals surface area contributed by atoms with Crippen molar-refractivity contribution in [2.24, 2.45) is 0 Å². The van der Waals surface area contributed by atoms with Gasteiger partial charge in [-0.15, -0.1) is 0 Å². The molecule has 0 N–H and O–H groups in total. The molecule has 0 spiro atoms. The molecular formula is C9H14N2O. The second kappa shape index (κ2) is 2.88. The van der Waals surface area contributed by atoms with Crippen LogP contribution in [0, 0.1) is 0 Å². The first-order valence-corrected chi connectivity index (χ1v) is 4.31. The Morgan fingerprint density at radius 2 is 2.33 bits per heavy atom. The van der Waals surface area contributed by atoms with Crippen molar-refractivity contribution in [2.75, 3.05) is 0 Å². The molecule has 1 aromatic heterocycles. The third kappa shape index (κ3) is 1.24. The first-order chi connectivity index (χ1) is 6.48.